The fraction of sp³-hybridized carbons (Fsp3) is 0.200. The number of nitrogens with zero attached hydrogens (tertiary/aromatic N) is 3. The Morgan fingerprint density at radius 3 is 3.00 bits per heavy atom. The number of rotatable bonds is 4. The molecule has 3 rings (SSSR count). The smallest absolute Gasteiger partial charge is 0.155 e. The topological polar surface area (TPSA) is 42.2 Å². The van der Waals surface area contributed by atoms with E-state index in [9.17, 15) is 0 Å². The van der Waals surface area contributed by atoms with Crippen LogP contribution in [-0.2, 0) is 6.54 Å². The highest BCUT2D eigenvalue weighted by atomic mass is 32.2. The molecular weight excluding hydrogens is 268 g/mol. The molecule has 2 aromatic heterocycles. The van der Waals surface area contributed by atoms with Crippen LogP contribution >= 0.6 is 11.8 Å². The minimum atomic E-state index is 0.736. The molecular formula is C15H16N4S. The van der Waals surface area contributed by atoms with E-state index in [1.807, 2.05) is 36.0 Å². The lowest BCUT2D eigenvalue weighted by atomic mass is 10.3. The number of hydrogen-bond donors (Lipinski definition) is 1. The second kappa shape index (κ2) is 5.54. The third kappa shape index (κ3) is 2.63. The van der Waals surface area contributed by atoms with Gasteiger partial charge in [0.1, 0.15) is 0 Å². The Hall–Kier alpha value is -2.01. The average Bonchev–Trinajstić information content (AvgIpc) is 2.84. The SMILES string of the molecule is CSc1ccccc1NCc1cnc2cc(C)nn2c1. The van der Waals surface area contributed by atoms with E-state index in [-0.39, 0.29) is 0 Å². The van der Waals surface area contributed by atoms with E-state index in [1.165, 1.54) is 4.90 Å². The molecule has 1 aromatic carbocycles. The Balaban J connectivity index is 1.79. The van der Waals surface area contributed by atoms with E-state index in [2.05, 4.69) is 39.9 Å². The number of benzene rings is 1. The van der Waals surface area contributed by atoms with Crippen molar-refractivity contribution in [2.75, 3.05) is 11.6 Å². The highest BCUT2D eigenvalue weighted by molar-refractivity contribution is 7.98. The molecule has 0 bridgehead atoms. The molecule has 0 spiro atoms. The van der Waals surface area contributed by atoms with Crippen LogP contribution in [-0.4, -0.2) is 20.9 Å². The van der Waals surface area contributed by atoms with Gasteiger partial charge in [0.2, 0.25) is 0 Å². The van der Waals surface area contributed by atoms with Crippen LogP contribution in [0.25, 0.3) is 5.65 Å². The molecule has 102 valence electrons. The summed E-state index contributed by atoms with van der Waals surface area (Å²) in [7, 11) is 0. The highest BCUT2D eigenvalue weighted by Crippen LogP contribution is 2.24. The van der Waals surface area contributed by atoms with Crippen LogP contribution in [0.5, 0.6) is 0 Å². The molecule has 1 N–H and O–H groups in total. The number of aromatic nitrogens is 3. The highest BCUT2D eigenvalue weighted by Gasteiger charge is 2.03. The Morgan fingerprint density at radius 2 is 2.15 bits per heavy atom. The van der Waals surface area contributed by atoms with Crippen molar-refractivity contribution in [2.24, 2.45) is 0 Å². The van der Waals surface area contributed by atoms with Gasteiger partial charge in [-0.3, -0.25) is 0 Å². The van der Waals surface area contributed by atoms with Crippen molar-refractivity contribution in [2.45, 2.75) is 18.4 Å². The number of para-hydroxylation sites is 1. The molecule has 0 fully saturated rings. The van der Waals surface area contributed by atoms with Gasteiger partial charge >= 0.3 is 0 Å². The first-order valence-electron chi connectivity index (χ1n) is 6.44. The van der Waals surface area contributed by atoms with E-state index in [4.69, 9.17) is 0 Å². The van der Waals surface area contributed by atoms with E-state index in [0.717, 1.165) is 29.1 Å². The average molecular weight is 284 g/mol. The number of aryl methyl sites for hydroxylation is 1. The van der Waals surface area contributed by atoms with Gasteiger partial charge in [-0.1, -0.05) is 12.1 Å². The number of nitrogens with one attached hydrogen (secondary N) is 1. The van der Waals surface area contributed by atoms with Crippen molar-refractivity contribution in [3.63, 3.8) is 0 Å². The lowest BCUT2D eigenvalue weighted by Gasteiger charge is -2.10. The lowest BCUT2D eigenvalue weighted by molar-refractivity contribution is 0.895. The number of thioether (sulfide) groups is 1. The second-order valence-corrected chi connectivity index (χ2v) is 5.45. The van der Waals surface area contributed by atoms with Crippen LogP contribution in [0.2, 0.25) is 0 Å². The summed E-state index contributed by atoms with van der Waals surface area (Å²) >= 11 is 1.74. The second-order valence-electron chi connectivity index (χ2n) is 4.60. The minimum absolute atomic E-state index is 0.736. The van der Waals surface area contributed by atoms with Gasteiger partial charge in [0.05, 0.1) is 5.69 Å². The zero-order valence-corrected chi connectivity index (χ0v) is 12.3. The van der Waals surface area contributed by atoms with Crippen molar-refractivity contribution in [1.82, 2.24) is 14.6 Å². The first kappa shape index (κ1) is 13.0. The largest absolute Gasteiger partial charge is 0.380 e. The molecule has 0 radical (unpaired) electrons. The third-order valence-corrected chi connectivity index (χ3v) is 3.87. The third-order valence-electron chi connectivity index (χ3n) is 3.08. The quantitative estimate of drug-likeness (QED) is 0.746. The van der Waals surface area contributed by atoms with Crippen LogP contribution in [0.3, 0.4) is 0 Å². The maximum Gasteiger partial charge on any atom is 0.155 e. The standard InChI is InChI=1S/C15H16N4S/c1-11-7-15-17-9-12(10-19(15)18-11)8-16-13-5-3-4-6-14(13)20-2/h3-7,9-10,16H,8H2,1-2H3. The Morgan fingerprint density at radius 1 is 1.30 bits per heavy atom. The van der Waals surface area contributed by atoms with Crippen LogP contribution in [0.15, 0.2) is 47.6 Å². The fourth-order valence-electron chi connectivity index (χ4n) is 2.11. The molecule has 0 aliphatic rings. The first-order valence-corrected chi connectivity index (χ1v) is 7.66. The van der Waals surface area contributed by atoms with Crippen LogP contribution in [0, 0.1) is 6.92 Å². The monoisotopic (exact) mass is 284 g/mol. The van der Waals surface area contributed by atoms with Crippen molar-refractivity contribution in [3.05, 3.63) is 54.0 Å². The summed E-state index contributed by atoms with van der Waals surface area (Å²) in [4.78, 5) is 5.66. The summed E-state index contributed by atoms with van der Waals surface area (Å²) in [5, 5.41) is 7.83. The fourth-order valence-corrected chi connectivity index (χ4v) is 2.69. The van der Waals surface area contributed by atoms with Gasteiger partial charge in [0.15, 0.2) is 5.65 Å². The molecule has 5 heteroatoms. The molecule has 0 unspecified atom stereocenters. The molecule has 3 aromatic rings. The van der Waals surface area contributed by atoms with Crippen molar-refractivity contribution in [1.29, 1.82) is 0 Å². The first-order chi connectivity index (χ1) is 9.76. The molecule has 0 saturated carbocycles. The summed E-state index contributed by atoms with van der Waals surface area (Å²) in [6.45, 7) is 2.71. The van der Waals surface area contributed by atoms with E-state index in [0.29, 0.717) is 0 Å². The van der Waals surface area contributed by atoms with Gasteiger partial charge in [0.25, 0.3) is 0 Å². The predicted molar refractivity (Wildman–Crippen MR) is 83.3 cm³/mol. The molecule has 0 aliphatic heterocycles. The van der Waals surface area contributed by atoms with Crippen LogP contribution in [0.4, 0.5) is 5.69 Å². The maximum atomic E-state index is 4.41. The summed E-state index contributed by atoms with van der Waals surface area (Å²) in [5.74, 6) is 0. The van der Waals surface area contributed by atoms with Gasteiger partial charge < -0.3 is 5.32 Å². The van der Waals surface area contributed by atoms with Gasteiger partial charge in [-0.15, -0.1) is 11.8 Å². The maximum absolute atomic E-state index is 4.41. The van der Waals surface area contributed by atoms with E-state index in [1.54, 1.807) is 11.8 Å². The normalized spacial score (nSPS) is 10.9. The molecule has 0 saturated heterocycles. The summed E-state index contributed by atoms with van der Waals surface area (Å²) in [6, 6.07) is 10.3. The van der Waals surface area contributed by atoms with Crippen molar-refractivity contribution in [3.8, 4) is 0 Å². The summed E-state index contributed by atoms with van der Waals surface area (Å²) in [5.41, 5.74) is 4.12. The number of anilines is 1. The van der Waals surface area contributed by atoms with Crippen LogP contribution in [0.1, 0.15) is 11.3 Å². The van der Waals surface area contributed by atoms with Crippen molar-refractivity contribution < 1.29 is 0 Å². The van der Waals surface area contributed by atoms with E-state index < -0.39 is 0 Å². The summed E-state index contributed by atoms with van der Waals surface area (Å²) < 4.78 is 1.83. The van der Waals surface area contributed by atoms with E-state index >= 15 is 0 Å². The van der Waals surface area contributed by atoms with Gasteiger partial charge in [-0.2, -0.15) is 5.10 Å². The Kier molecular flexibility index (Phi) is 3.60. The molecule has 0 amide bonds. The Bertz CT molecular complexity index is 736. The van der Waals surface area contributed by atoms with Gasteiger partial charge in [-0.25, -0.2) is 9.50 Å². The zero-order valence-electron chi connectivity index (χ0n) is 11.5. The number of hydrogen-bond acceptors (Lipinski definition) is 4. The van der Waals surface area contributed by atoms with Gasteiger partial charge in [0, 0.05) is 41.2 Å². The molecule has 4 nitrogen and oxygen atoms in total. The van der Waals surface area contributed by atoms with Crippen molar-refractivity contribution >= 4 is 23.1 Å². The minimum Gasteiger partial charge on any atom is -0.380 e. The zero-order chi connectivity index (χ0) is 13.9. The number of fused-ring (bicyclic) bond motifs is 1. The molecule has 0 aliphatic carbocycles. The van der Waals surface area contributed by atoms with Crippen LogP contribution < -0.4 is 5.32 Å². The lowest BCUT2D eigenvalue weighted by Crippen LogP contribution is -2.03. The molecule has 0 atom stereocenters. The molecule has 20 heavy (non-hydrogen) atoms. The molecule has 2 heterocycles. The Labute approximate surface area is 122 Å². The predicted octanol–water partition coefficient (Wildman–Crippen LogP) is 3.37. The van der Waals surface area contributed by atoms with Gasteiger partial charge in [-0.05, 0) is 25.3 Å². The summed E-state index contributed by atoms with van der Waals surface area (Å²) in [6.07, 6.45) is 6.00.